The molecular formula is C14H26O3. The Morgan fingerprint density at radius 2 is 1.94 bits per heavy atom. The monoisotopic (exact) mass is 242 g/mol. The molecule has 0 aromatic rings. The fourth-order valence-electron chi connectivity index (χ4n) is 2.52. The van der Waals surface area contributed by atoms with Crippen LogP contribution in [-0.2, 0) is 9.53 Å². The summed E-state index contributed by atoms with van der Waals surface area (Å²) in [5.74, 6) is -0.950. The Bertz CT molecular complexity index is 216. The van der Waals surface area contributed by atoms with Crippen molar-refractivity contribution in [3.8, 4) is 0 Å². The van der Waals surface area contributed by atoms with Crippen LogP contribution in [0.4, 0.5) is 0 Å². The Hall–Kier alpha value is -0.570. The van der Waals surface area contributed by atoms with Gasteiger partial charge in [0.15, 0.2) is 0 Å². The van der Waals surface area contributed by atoms with Crippen molar-refractivity contribution in [3.63, 3.8) is 0 Å². The van der Waals surface area contributed by atoms with E-state index in [2.05, 4.69) is 6.92 Å². The molecule has 1 aliphatic rings. The van der Waals surface area contributed by atoms with Gasteiger partial charge >= 0.3 is 5.97 Å². The standard InChI is InChI=1S/C14H26O3/c1-2-3-4-8-11-17-13-10-7-5-6-9-12(13)14(15)16/h12-13H,2-11H2,1H3,(H,15,16). The molecule has 0 amide bonds. The number of ether oxygens (including phenoxy) is 1. The minimum Gasteiger partial charge on any atom is -0.481 e. The minimum absolute atomic E-state index is 0.0448. The third kappa shape index (κ3) is 5.53. The van der Waals surface area contributed by atoms with Crippen LogP contribution >= 0.6 is 0 Å². The van der Waals surface area contributed by atoms with Crippen molar-refractivity contribution in [1.29, 1.82) is 0 Å². The molecule has 2 unspecified atom stereocenters. The first-order chi connectivity index (χ1) is 8.25. The van der Waals surface area contributed by atoms with Crippen LogP contribution in [0.25, 0.3) is 0 Å². The van der Waals surface area contributed by atoms with Gasteiger partial charge in [0.1, 0.15) is 0 Å². The van der Waals surface area contributed by atoms with E-state index in [9.17, 15) is 9.90 Å². The zero-order valence-electron chi connectivity index (χ0n) is 11.0. The summed E-state index contributed by atoms with van der Waals surface area (Å²) in [5, 5.41) is 9.19. The molecule has 3 heteroatoms. The lowest BCUT2D eigenvalue weighted by Gasteiger charge is -2.22. The molecular weight excluding hydrogens is 216 g/mol. The molecule has 1 saturated carbocycles. The van der Waals surface area contributed by atoms with E-state index in [0.29, 0.717) is 0 Å². The Labute approximate surface area is 105 Å². The zero-order valence-corrected chi connectivity index (χ0v) is 11.0. The third-order valence-corrected chi connectivity index (χ3v) is 3.60. The smallest absolute Gasteiger partial charge is 0.309 e. The molecule has 0 aliphatic heterocycles. The van der Waals surface area contributed by atoms with Crippen molar-refractivity contribution in [2.75, 3.05) is 6.61 Å². The number of hydrogen-bond donors (Lipinski definition) is 1. The highest BCUT2D eigenvalue weighted by atomic mass is 16.5. The molecule has 100 valence electrons. The average molecular weight is 242 g/mol. The van der Waals surface area contributed by atoms with Gasteiger partial charge in [-0.2, -0.15) is 0 Å². The van der Waals surface area contributed by atoms with Crippen LogP contribution in [0.2, 0.25) is 0 Å². The van der Waals surface area contributed by atoms with E-state index in [1.165, 1.54) is 19.3 Å². The molecule has 1 rings (SSSR count). The average Bonchev–Trinajstić information content (AvgIpc) is 2.54. The molecule has 0 aromatic heterocycles. The van der Waals surface area contributed by atoms with Crippen molar-refractivity contribution in [2.45, 2.75) is 70.8 Å². The van der Waals surface area contributed by atoms with Gasteiger partial charge in [-0.15, -0.1) is 0 Å². The lowest BCUT2D eigenvalue weighted by atomic mass is 9.97. The predicted octanol–water partition coefficient (Wildman–Crippen LogP) is 3.62. The maximum atomic E-state index is 11.2. The maximum Gasteiger partial charge on any atom is 0.309 e. The topological polar surface area (TPSA) is 46.5 Å². The largest absolute Gasteiger partial charge is 0.481 e. The molecule has 1 N–H and O–H groups in total. The summed E-state index contributed by atoms with van der Waals surface area (Å²) in [6.45, 7) is 2.92. The zero-order chi connectivity index (χ0) is 12.5. The number of carbonyl (C=O) groups is 1. The SMILES string of the molecule is CCCCCCOC1CCCCCC1C(=O)O. The predicted molar refractivity (Wildman–Crippen MR) is 68.1 cm³/mol. The van der Waals surface area contributed by atoms with Gasteiger partial charge in [0, 0.05) is 6.61 Å². The van der Waals surface area contributed by atoms with Gasteiger partial charge in [-0.05, 0) is 19.3 Å². The molecule has 0 saturated heterocycles. The first kappa shape index (κ1) is 14.5. The third-order valence-electron chi connectivity index (χ3n) is 3.60. The van der Waals surface area contributed by atoms with Crippen LogP contribution in [0.3, 0.4) is 0 Å². The molecule has 17 heavy (non-hydrogen) atoms. The Morgan fingerprint density at radius 3 is 2.65 bits per heavy atom. The van der Waals surface area contributed by atoms with E-state index in [1.54, 1.807) is 0 Å². The lowest BCUT2D eigenvalue weighted by Crippen LogP contribution is -2.30. The Kier molecular flexibility index (Phi) is 7.25. The fraction of sp³-hybridized carbons (Fsp3) is 0.929. The second kappa shape index (κ2) is 8.51. The van der Waals surface area contributed by atoms with E-state index in [1.807, 2.05) is 0 Å². The van der Waals surface area contributed by atoms with Crippen molar-refractivity contribution < 1.29 is 14.6 Å². The lowest BCUT2D eigenvalue weighted by molar-refractivity contribution is -0.148. The van der Waals surface area contributed by atoms with Gasteiger partial charge in [0.25, 0.3) is 0 Å². The van der Waals surface area contributed by atoms with E-state index in [4.69, 9.17) is 4.74 Å². The molecule has 2 atom stereocenters. The van der Waals surface area contributed by atoms with Gasteiger partial charge in [-0.1, -0.05) is 45.4 Å². The number of carboxylic acids is 1. The van der Waals surface area contributed by atoms with Crippen LogP contribution in [-0.4, -0.2) is 23.8 Å². The highest BCUT2D eigenvalue weighted by Crippen LogP contribution is 2.26. The van der Waals surface area contributed by atoms with Crippen LogP contribution in [0, 0.1) is 5.92 Å². The molecule has 0 bridgehead atoms. The molecule has 0 heterocycles. The highest BCUT2D eigenvalue weighted by molar-refractivity contribution is 5.70. The van der Waals surface area contributed by atoms with Gasteiger partial charge in [-0.25, -0.2) is 0 Å². The molecule has 0 spiro atoms. The number of aliphatic carboxylic acids is 1. The van der Waals surface area contributed by atoms with Crippen LogP contribution in [0.5, 0.6) is 0 Å². The van der Waals surface area contributed by atoms with E-state index >= 15 is 0 Å². The second-order valence-corrected chi connectivity index (χ2v) is 5.05. The van der Waals surface area contributed by atoms with Gasteiger partial charge in [0.2, 0.25) is 0 Å². The molecule has 1 fully saturated rings. The van der Waals surface area contributed by atoms with Crippen molar-refractivity contribution >= 4 is 5.97 Å². The number of unbranched alkanes of at least 4 members (excludes halogenated alkanes) is 3. The first-order valence-corrected chi connectivity index (χ1v) is 7.10. The molecule has 0 aromatic carbocycles. The second-order valence-electron chi connectivity index (χ2n) is 5.05. The molecule has 0 radical (unpaired) electrons. The van der Waals surface area contributed by atoms with Gasteiger partial charge in [0.05, 0.1) is 12.0 Å². The number of hydrogen-bond acceptors (Lipinski definition) is 2. The maximum absolute atomic E-state index is 11.2. The summed E-state index contributed by atoms with van der Waals surface area (Å²) in [5.41, 5.74) is 0. The summed E-state index contributed by atoms with van der Waals surface area (Å²) in [6, 6.07) is 0. The summed E-state index contributed by atoms with van der Waals surface area (Å²) in [7, 11) is 0. The normalized spacial score (nSPS) is 25.5. The molecule has 1 aliphatic carbocycles. The summed E-state index contributed by atoms with van der Waals surface area (Å²) >= 11 is 0. The summed E-state index contributed by atoms with van der Waals surface area (Å²) in [6.07, 6.45) is 9.70. The van der Waals surface area contributed by atoms with Crippen LogP contribution in [0.15, 0.2) is 0 Å². The van der Waals surface area contributed by atoms with Crippen LogP contribution < -0.4 is 0 Å². The van der Waals surface area contributed by atoms with Crippen molar-refractivity contribution in [2.24, 2.45) is 5.92 Å². The van der Waals surface area contributed by atoms with E-state index in [0.717, 1.165) is 45.1 Å². The molecule has 3 nitrogen and oxygen atoms in total. The highest BCUT2D eigenvalue weighted by Gasteiger charge is 2.29. The summed E-state index contributed by atoms with van der Waals surface area (Å²) in [4.78, 5) is 11.2. The number of rotatable bonds is 7. The fourth-order valence-corrected chi connectivity index (χ4v) is 2.52. The van der Waals surface area contributed by atoms with Crippen molar-refractivity contribution in [1.82, 2.24) is 0 Å². The van der Waals surface area contributed by atoms with Crippen molar-refractivity contribution in [3.05, 3.63) is 0 Å². The van der Waals surface area contributed by atoms with Gasteiger partial charge in [-0.3, -0.25) is 4.79 Å². The van der Waals surface area contributed by atoms with Gasteiger partial charge < -0.3 is 9.84 Å². The van der Waals surface area contributed by atoms with E-state index < -0.39 is 5.97 Å². The minimum atomic E-state index is -0.676. The Balaban J connectivity index is 2.28. The number of carboxylic acid groups (broad SMARTS) is 1. The quantitative estimate of drug-likeness (QED) is 0.548. The van der Waals surface area contributed by atoms with E-state index in [-0.39, 0.29) is 12.0 Å². The van der Waals surface area contributed by atoms with Crippen LogP contribution in [0.1, 0.15) is 64.7 Å². The Morgan fingerprint density at radius 1 is 1.18 bits per heavy atom. The first-order valence-electron chi connectivity index (χ1n) is 7.10. The summed E-state index contributed by atoms with van der Waals surface area (Å²) < 4.78 is 5.80.